The molecule has 1 aliphatic rings. The molecule has 23 heavy (non-hydrogen) atoms. The van der Waals surface area contributed by atoms with Crippen LogP contribution in [0.3, 0.4) is 0 Å². The maximum Gasteiger partial charge on any atom is 0.251 e. The van der Waals surface area contributed by atoms with E-state index < -0.39 is 0 Å². The van der Waals surface area contributed by atoms with E-state index in [0.717, 1.165) is 6.42 Å². The van der Waals surface area contributed by atoms with E-state index in [4.69, 9.17) is 9.47 Å². The van der Waals surface area contributed by atoms with Crippen LogP contribution in [0, 0.1) is 5.82 Å². The maximum absolute atomic E-state index is 13.5. The first-order valence-corrected chi connectivity index (χ1v) is 7.44. The van der Waals surface area contributed by atoms with Gasteiger partial charge in [0.2, 0.25) is 5.88 Å². The van der Waals surface area contributed by atoms with E-state index in [-0.39, 0.29) is 24.4 Å². The van der Waals surface area contributed by atoms with E-state index in [1.165, 1.54) is 12.3 Å². The van der Waals surface area contributed by atoms with Crippen LogP contribution in [0.4, 0.5) is 4.39 Å². The number of amides is 1. The minimum Gasteiger partial charge on any atom is -0.472 e. The number of halogens is 1. The number of hydrogen-bond donors (Lipinski definition) is 1. The highest BCUT2D eigenvalue weighted by molar-refractivity contribution is 5.94. The molecule has 1 saturated heterocycles. The number of nitrogens with zero attached hydrogens (tertiary/aromatic N) is 1. The van der Waals surface area contributed by atoms with Gasteiger partial charge >= 0.3 is 0 Å². The van der Waals surface area contributed by atoms with Gasteiger partial charge in [-0.25, -0.2) is 9.37 Å². The monoisotopic (exact) mass is 316 g/mol. The van der Waals surface area contributed by atoms with Crippen molar-refractivity contribution in [2.75, 3.05) is 13.2 Å². The topological polar surface area (TPSA) is 60.5 Å². The zero-order valence-electron chi connectivity index (χ0n) is 12.5. The van der Waals surface area contributed by atoms with Crippen LogP contribution in [-0.2, 0) is 11.3 Å². The van der Waals surface area contributed by atoms with Crippen LogP contribution in [0.5, 0.6) is 5.88 Å². The fraction of sp³-hybridized carbons (Fsp3) is 0.294. The Hall–Kier alpha value is -2.47. The highest BCUT2D eigenvalue weighted by atomic mass is 19.1. The van der Waals surface area contributed by atoms with Crippen molar-refractivity contribution >= 4 is 5.91 Å². The van der Waals surface area contributed by atoms with Crippen LogP contribution < -0.4 is 10.1 Å². The fourth-order valence-electron chi connectivity index (χ4n) is 2.31. The summed E-state index contributed by atoms with van der Waals surface area (Å²) in [5.74, 6) is -0.255. The molecule has 1 aromatic carbocycles. The summed E-state index contributed by atoms with van der Waals surface area (Å²) in [6.45, 7) is 1.33. The van der Waals surface area contributed by atoms with Gasteiger partial charge < -0.3 is 14.8 Å². The summed E-state index contributed by atoms with van der Waals surface area (Å²) >= 11 is 0. The van der Waals surface area contributed by atoms with Crippen LogP contribution in [0.1, 0.15) is 22.3 Å². The van der Waals surface area contributed by atoms with Crippen molar-refractivity contribution in [3.63, 3.8) is 0 Å². The molecule has 1 amide bonds. The summed E-state index contributed by atoms with van der Waals surface area (Å²) in [6.07, 6.45) is 2.30. The number of hydrogen-bond acceptors (Lipinski definition) is 4. The summed E-state index contributed by atoms with van der Waals surface area (Å²) < 4.78 is 24.5. The molecular formula is C17H17FN2O3. The standard InChI is InChI=1S/C17H17FN2O3/c18-15-4-2-1-3-13(15)10-20-17(21)12-5-7-19-16(9-12)23-14-6-8-22-11-14/h1-5,7,9,14H,6,8,10-11H2,(H,20,21). The van der Waals surface area contributed by atoms with Gasteiger partial charge in [0, 0.05) is 36.4 Å². The van der Waals surface area contributed by atoms with E-state index in [1.54, 1.807) is 30.3 Å². The number of pyridine rings is 1. The number of aromatic nitrogens is 1. The van der Waals surface area contributed by atoms with Crippen molar-refractivity contribution < 1.29 is 18.7 Å². The molecule has 3 rings (SSSR count). The Labute approximate surface area is 133 Å². The summed E-state index contributed by atoms with van der Waals surface area (Å²) in [5.41, 5.74) is 0.861. The van der Waals surface area contributed by atoms with Crippen molar-refractivity contribution in [1.82, 2.24) is 10.3 Å². The van der Waals surface area contributed by atoms with Gasteiger partial charge in [-0.15, -0.1) is 0 Å². The third-order valence-electron chi connectivity index (χ3n) is 3.57. The lowest BCUT2D eigenvalue weighted by Gasteiger charge is -2.11. The summed E-state index contributed by atoms with van der Waals surface area (Å²) in [7, 11) is 0. The number of benzene rings is 1. The number of rotatable bonds is 5. The van der Waals surface area contributed by atoms with Crippen LogP contribution in [-0.4, -0.2) is 30.2 Å². The first-order valence-electron chi connectivity index (χ1n) is 7.44. The van der Waals surface area contributed by atoms with Crippen molar-refractivity contribution in [3.05, 3.63) is 59.5 Å². The van der Waals surface area contributed by atoms with Gasteiger partial charge in [0.1, 0.15) is 11.9 Å². The van der Waals surface area contributed by atoms with Gasteiger partial charge in [0.25, 0.3) is 5.91 Å². The van der Waals surface area contributed by atoms with Crippen LogP contribution in [0.25, 0.3) is 0 Å². The normalized spacial score (nSPS) is 17.0. The number of ether oxygens (including phenoxy) is 2. The Morgan fingerprint density at radius 1 is 1.39 bits per heavy atom. The average Bonchev–Trinajstić information content (AvgIpc) is 3.07. The van der Waals surface area contributed by atoms with Gasteiger partial charge in [0.15, 0.2) is 0 Å². The lowest BCUT2D eigenvalue weighted by molar-refractivity contribution is 0.0949. The number of carbonyl (C=O) groups excluding carboxylic acids is 1. The van der Waals surface area contributed by atoms with E-state index >= 15 is 0 Å². The smallest absolute Gasteiger partial charge is 0.251 e. The molecule has 0 saturated carbocycles. The van der Waals surface area contributed by atoms with Crippen molar-refractivity contribution in [2.24, 2.45) is 0 Å². The minimum atomic E-state index is -0.340. The molecule has 1 aromatic heterocycles. The van der Waals surface area contributed by atoms with E-state index in [1.807, 2.05) is 0 Å². The maximum atomic E-state index is 13.5. The molecular weight excluding hydrogens is 299 g/mol. The molecule has 1 fully saturated rings. The van der Waals surface area contributed by atoms with E-state index in [0.29, 0.717) is 30.2 Å². The summed E-state index contributed by atoms with van der Waals surface area (Å²) in [6, 6.07) is 9.51. The van der Waals surface area contributed by atoms with Crippen molar-refractivity contribution in [2.45, 2.75) is 19.1 Å². The van der Waals surface area contributed by atoms with Gasteiger partial charge in [-0.2, -0.15) is 0 Å². The van der Waals surface area contributed by atoms with Crippen LogP contribution >= 0.6 is 0 Å². The SMILES string of the molecule is O=C(NCc1ccccc1F)c1ccnc(OC2CCOC2)c1. The molecule has 0 radical (unpaired) electrons. The second-order valence-corrected chi connectivity index (χ2v) is 5.26. The fourth-order valence-corrected chi connectivity index (χ4v) is 2.31. The molecule has 6 heteroatoms. The molecule has 2 aromatic rings. The molecule has 0 bridgehead atoms. The largest absolute Gasteiger partial charge is 0.472 e. The summed E-state index contributed by atoms with van der Waals surface area (Å²) in [5, 5.41) is 2.69. The Kier molecular flexibility index (Phi) is 4.83. The third-order valence-corrected chi connectivity index (χ3v) is 3.57. The van der Waals surface area contributed by atoms with Gasteiger partial charge in [0.05, 0.1) is 13.2 Å². The molecule has 1 unspecified atom stereocenters. The molecule has 1 atom stereocenters. The Morgan fingerprint density at radius 2 is 2.26 bits per heavy atom. The number of carbonyl (C=O) groups is 1. The van der Waals surface area contributed by atoms with Crippen molar-refractivity contribution in [3.8, 4) is 5.88 Å². The van der Waals surface area contributed by atoms with Crippen LogP contribution in [0.15, 0.2) is 42.6 Å². The van der Waals surface area contributed by atoms with Gasteiger partial charge in [-0.1, -0.05) is 18.2 Å². The summed E-state index contributed by atoms with van der Waals surface area (Å²) in [4.78, 5) is 16.3. The van der Waals surface area contributed by atoms with Crippen LogP contribution in [0.2, 0.25) is 0 Å². The Morgan fingerprint density at radius 3 is 3.04 bits per heavy atom. The zero-order valence-corrected chi connectivity index (χ0v) is 12.5. The predicted molar refractivity (Wildman–Crippen MR) is 81.7 cm³/mol. The molecule has 1 N–H and O–H groups in total. The minimum absolute atomic E-state index is 0.0285. The lowest BCUT2D eigenvalue weighted by atomic mass is 10.2. The molecule has 120 valence electrons. The first-order chi connectivity index (χ1) is 11.2. The first kappa shape index (κ1) is 15.4. The third kappa shape index (κ3) is 4.04. The number of nitrogens with one attached hydrogen (secondary N) is 1. The molecule has 5 nitrogen and oxygen atoms in total. The molecule has 0 spiro atoms. The highest BCUT2D eigenvalue weighted by Crippen LogP contribution is 2.16. The van der Waals surface area contributed by atoms with E-state index in [9.17, 15) is 9.18 Å². The van der Waals surface area contributed by atoms with Gasteiger partial charge in [-0.05, 0) is 12.1 Å². The predicted octanol–water partition coefficient (Wildman–Crippen LogP) is 2.32. The molecule has 1 aliphatic heterocycles. The zero-order chi connectivity index (χ0) is 16.1. The average molecular weight is 316 g/mol. The second-order valence-electron chi connectivity index (χ2n) is 5.26. The van der Waals surface area contributed by atoms with Crippen molar-refractivity contribution in [1.29, 1.82) is 0 Å². The molecule has 2 heterocycles. The second kappa shape index (κ2) is 7.19. The van der Waals surface area contributed by atoms with E-state index in [2.05, 4.69) is 10.3 Å². The highest BCUT2D eigenvalue weighted by Gasteiger charge is 2.18. The lowest BCUT2D eigenvalue weighted by Crippen LogP contribution is -2.23. The Balaban J connectivity index is 1.61. The van der Waals surface area contributed by atoms with Gasteiger partial charge in [-0.3, -0.25) is 4.79 Å². The molecule has 0 aliphatic carbocycles. The quantitative estimate of drug-likeness (QED) is 0.919. The Bertz CT molecular complexity index is 687.